The molecule has 0 atom stereocenters. The maximum atomic E-state index is 12.6. The molecule has 0 saturated heterocycles. The summed E-state index contributed by atoms with van der Waals surface area (Å²) in [5.41, 5.74) is 5.54. The van der Waals surface area contributed by atoms with E-state index in [-0.39, 0.29) is 5.91 Å². The Balaban J connectivity index is 1.66. The molecule has 4 nitrogen and oxygen atoms in total. The van der Waals surface area contributed by atoms with Crippen LogP contribution < -0.4 is 5.32 Å². The summed E-state index contributed by atoms with van der Waals surface area (Å²) in [5, 5.41) is 3.33. The predicted molar refractivity (Wildman–Crippen MR) is 108 cm³/mol. The Bertz CT molecular complexity index is 1130. The molecule has 1 N–H and O–H groups in total. The molecular weight excluding hydrogens is 360 g/mol. The number of aromatic nitrogens is 1. The van der Waals surface area contributed by atoms with Crippen LogP contribution in [0, 0.1) is 13.8 Å². The second-order valence-corrected chi connectivity index (χ2v) is 6.84. The summed E-state index contributed by atoms with van der Waals surface area (Å²) in [6, 6.07) is 18.5. The zero-order chi connectivity index (χ0) is 19.0. The Kier molecular flexibility index (Phi) is 4.42. The van der Waals surface area contributed by atoms with Gasteiger partial charge in [0.15, 0.2) is 5.58 Å². The molecule has 0 bridgehead atoms. The lowest BCUT2D eigenvalue weighted by molar-refractivity contribution is 0.102. The van der Waals surface area contributed by atoms with Crippen LogP contribution in [-0.4, -0.2) is 10.9 Å². The highest BCUT2D eigenvalue weighted by molar-refractivity contribution is 6.34. The molecule has 4 aromatic rings. The second kappa shape index (κ2) is 6.89. The fourth-order valence-corrected chi connectivity index (χ4v) is 2.99. The number of aryl methyl sites for hydroxylation is 2. The Morgan fingerprint density at radius 1 is 1.00 bits per heavy atom. The summed E-state index contributed by atoms with van der Waals surface area (Å²) < 4.78 is 5.80. The minimum atomic E-state index is -0.213. The van der Waals surface area contributed by atoms with Crippen molar-refractivity contribution in [2.24, 2.45) is 0 Å². The van der Waals surface area contributed by atoms with Gasteiger partial charge in [0.2, 0.25) is 5.89 Å². The van der Waals surface area contributed by atoms with Crippen LogP contribution in [0.3, 0.4) is 0 Å². The lowest BCUT2D eigenvalue weighted by atomic mass is 10.1. The van der Waals surface area contributed by atoms with Gasteiger partial charge in [-0.3, -0.25) is 4.79 Å². The van der Waals surface area contributed by atoms with Gasteiger partial charge in [0.1, 0.15) is 5.52 Å². The molecule has 4 rings (SSSR count). The van der Waals surface area contributed by atoms with Crippen LogP contribution in [0.1, 0.15) is 21.5 Å². The van der Waals surface area contributed by atoms with E-state index in [9.17, 15) is 4.79 Å². The standard InChI is InChI=1S/C22H17ClN2O2/c1-13-7-8-15(11-14(13)2)21(26)24-19-12-16(9-10-17(19)23)22-25-18-5-3-4-6-20(18)27-22/h3-12H,1-2H3,(H,24,26). The van der Waals surface area contributed by atoms with Crippen molar-refractivity contribution in [1.29, 1.82) is 0 Å². The van der Waals surface area contributed by atoms with Crippen LogP contribution in [0.2, 0.25) is 5.02 Å². The molecule has 3 aromatic carbocycles. The molecule has 5 heteroatoms. The Morgan fingerprint density at radius 3 is 2.59 bits per heavy atom. The number of carbonyl (C=O) groups excluding carboxylic acids is 1. The van der Waals surface area contributed by atoms with Crippen molar-refractivity contribution in [2.45, 2.75) is 13.8 Å². The van der Waals surface area contributed by atoms with E-state index < -0.39 is 0 Å². The number of rotatable bonds is 3. The molecule has 0 unspecified atom stereocenters. The highest BCUT2D eigenvalue weighted by Gasteiger charge is 2.13. The van der Waals surface area contributed by atoms with Crippen LogP contribution in [0.15, 0.2) is 65.1 Å². The van der Waals surface area contributed by atoms with Gasteiger partial charge in [-0.2, -0.15) is 0 Å². The largest absolute Gasteiger partial charge is 0.436 e. The van der Waals surface area contributed by atoms with E-state index >= 15 is 0 Å². The molecule has 0 radical (unpaired) electrons. The first kappa shape index (κ1) is 17.3. The normalized spacial score (nSPS) is 10.9. The molecule has 0 fully saturated rings. The van der Waals surface area contributed by atoms with Gasteiger partial charge in [-0.1, -0.05) is 29.8 Å². The highest BCUT2D eigenvalue weighted by atomic mass is 35.5. The quantitative estimate of drug-likeness (QED) is 0.475. The lowest BCUT2D eigenvalue weighted by Gasteiger charge is -2.10. The number of fused-ring (bicyclic) bond motifs is 1. The number of nitrogens with zero attached hydrogens (tertiary/aromatic N) is 1. The first-order chi connectivity index (χ1) is 13.0. The number of hydrogen-bond donors (Lipinski definition) is 1. The molecule has 0 spiro atoms. The van der Waals surface area contributed by atoms with Crippen molar-refractivity contribution in [3.63, 3.8) is 0 Å². The van der Waals surface area contributed by atoms with Crippen LogP contribution in [0.4, 0.5) is 5.69 Å². The average Bonchev–Trinajstić information content (AvgIpc) is 3.10. The van der Waals surface area contributed by atoms with Crippen molar-refractivity contribution >= 4 is 34.3 Å². The average molecular weight is 377 g/mol. The third-order valence-corrected chi connectivity index (χ3v) is 4.85. The fraction of sp³-hybridized carbons (Fsp3) is 0.0909. The molecule has 1 amide bonds. The molecule has 27 heavy (non-hydrogen) atoms. The minimum Gasteiger partial charge on any atom is -0.436 e. The summed E-state index contributed by atoms with van der Waals surface area (Å²) in [5.74, 6) is 0.268. The zero-order valence-electron chi connectivity index (χ0n) is 14.9. The SMILES string of the molecule is Cc1ccc(C(=O)Nc2cc(-c3nc4ccccc4o3)ccc2Cl)cc1C. The number of oxazole rings is 1. The third kappa shape index (κ3) is 3.44. The topological polar surface area (TPSA) is 55.1 Å². The first-order valence-electron chi connectivity index (χ1n) is 8.55. The van der Waals surface area contributed by atoms with Crippen molar-refractivity contribution in [1.82, 2.24) is 4.98 Å². The van der Waals surface area contributed by atoms with E-state index in [0.29, 0.717) is 27.7 Å². The number of anilines is 1. The van der Waals surface area contributed by atoms with Gasteiger partial charge in [-0.25, -0.2) is 4.98 Å². The summed E-state index contributed by atoms with van der Waals surface area (Å²) in [6.07, 6.45) is 0. The summed E-state index contributed by atoms with van der Waals surface area (Å²) >= 11 is 6.28. The van der Waals surface area contributed by atoms with Crippen LogP contribution in [0.5, 0.6) is 0 Å². The van der Waals surface area contributed by atoms with Crippen molar-refractivity contribution < 1.29 is 9.21 Å². The fourth-order valence-electron chi connectivity index (χ4n) is 2.83. The van der Waals surface area contributed by atoms with Gasteiger partial charge in [0.25, 0.3) is 5.91 Å². The van der Waals surface area contributed by atoms with E-state index in [0.717, 1.165) is 22.2 Å². The number of para-hydroxylation sites is 2. The summed E-state index contributed by atoms with van der Waals surface area (Å²) in [7, 11) is 0. The van der Waals surface area contributed by atoms with Crippen LogP contribution in [-0.2, 0) is 0 Å². The lowest BCUT2D eigenvalue weighted by Crippen LogP contribution is -2.12. The van der Waals surface area contributed by atoms with Crippen LogP contribution in [0.25, 0.3) is 22.6 Å². The molecule has 134 valence electrons. The summed E-state index contributed by atoms with van der Waals surface area (Å²) in [6.45, 7) is 3.99. The Labute approximate surface area is 161 Å². The second-order valence-electron chi connectivity index (χ2n) is 6.43. The number of benzene rings is 3. The van der Waals surface area contributed by atoms with E-state index in [1.807, 2.05) is 56.3 Å². The third-order valence-electron chi connectivity index (χ3n) is 4.52. The molecule has 0 saturated carbocycles. The van der Waals surface area contributed by atoms with Gasteiger partial charge in [0.05, 0.1) is 10.7 Å². The van der Waals surface area contributed by atoms with Crippen molar-refractivity contribution in [3.05, 3.63) is 82.4 Å². The van der Waals surface area contributed by atoms with E-state index in [1.165, 1.54) is 0 Å². The molecule has 0 aliphatic carbocycles. The predicted octanol–water partition coefficient (Wildman–Crippen LogP) is 6.02. The monoisotopic (exact) mass is 376 g/mol. The van der Waals surface area contributed by atoms with Gasteiger partial charge in [0, 0.05) is 11.1 Å². The van der Waals surface area contributed by atoms with E-state index in [1.54, 1.807) is 18.2 Å². The van der Waals surface area contributed by atoms with Gasteiger partial charge in [-0.05, 0) is 67.4 Å². The Hall–Kier alpha value is -3.11. The molecule has 0 aliphatic heterocycles. The summed E-state index contributed by atoms with van der Waals surface area (Å²) in [4.78, 5) is 17.1. The van der Waals surface area contributed by atoms with Gasteiger partial charge >= 0.3 is 0 Å². The number of hydrogen-bond acceptors (Lipinski definition) is 3. The highest BCUT2D eigenvalue weighted by Crippen LogP contribution is 2.30. The smallest absolute Gasteiger partial charge is 0.255 e. The Morgan fingerprint density at radius 2 is 1.81 bits per heavy atom. The molecule has 0 aliphatic rings. The molecule has 1 heterocycles. The van der Waals surface area contributed by atoms with Gasteiger partial charge in [-0.15, -0.1) is 0 Å². The molecular formula is C22H17ClN2O2. The van der Waals surface area contributed by atoms with Crippen molar-refractivity contribution in [2.75, 3.05) is 5.32 Å². The zero-order valence-corrected chi connectivity index (χ0v) is 15.7. The first-order valence-corrected chi connectivity index (χ1v) is 8.93. The number of halogens is 1. The number of carbonyl (C=O) groups is 1. The number of nitrogens with one attached hydrogen (secondary N) is 1. The van der Waals surface area contributed by atoms with E-state index in [2.05, 4.69) is 10.3 Å². The van der Waals surface area contributed by atoms with E-state index in [4.69, 9.17) is 16.0 Å². The van der Waals surface area contributed by atoms with Gasteiger partial charge < -0.3 is 9.73 Å². The van der Waals surface area contributed by atoms with Crippen LogP contribution >= 0.6 is 11.6 Å². The maximum absolute atomic E-state index is 12.6. The minimum absolute atomic E-state index is 0.213. The molecule has 1 aromatic heterocycles. The van der Waals surface area contributed by atoms with Crippen molar-refractivity contribution in [3.8, 4) is 11.5 Å². The maximum Gasteiger partial charge on any atom is 0.255 e. The number of amides is 1.